The standard InChI is InChI=1S/C14H28N2O/c1-12(11-14(2,3)15(4)5)13(17)16-9-7-6-8-10-16/h12H,6-11H2,1-5H3. The van der Waals surface area contributed by atoms with E-state index in [9.17, 15) is 4.79 Å². The maximum absolute atomic E-state index is 12.3. The summed E-state index contributed by atoms with van der Waals surface area (Å²) in [4.78, 5) is 16.6. The molecule has 0 aromatic heterocycles. The molecule has 0 aromatic rings. The van der Waals surface area contributed by atoms with Crippen LogP contribution in [0.2, 0.25) is 0 Å². The van der Waals surface area contributed by atoms with E-state index in [0.29, 0.717) is 5.91 Å². The van der Waals surface area contributed by atoms with Gasteiger partial charge in [-0.2, -0.15) is 0 Å². The van der Waals surface area contributed by atoms with Crippen molar-refractivity contribution in [2.45, 2.75) is 52.0 Å². The third kappa shape index (κ3) is 3.98. The van der Waals surface area contributed by atoms with Gasteiger partial charge >= 0.3 is 0 Å². The van der Waals surface area contributed by atoms with Crippen LogP contribution in [0.1, 0.15) is 46.5 Å². The molecule has 1 heterocycles. The molecule has 3 nitrogen and oxygen atoms in total. The average Bonchev–Trinajstić information content (AvgIpc) is 2.28. The molecule has 1 aliphatic heterocycles. The first-order chi connectivity index (χ1) is 7.84. The lowest BCUT2D eigenvalue weighted by molar-refractivity contribution is -0.137. The van der Waals surface area contributed by atoms with Crippen molar-refractivity contribution in [1.82, 2.24) is 9.80 Å². The first kappa shape index (κ1) is 14.5. The van der Waals surface area contributed by atoms with Crippen LogP contribution in [0.15, 0.2) is 0 Å². The first-order valence-corrected chi connectivity index (χ1v) is 6.81. The highest BCUT2D eigenvalue weighted by Crippen LogP contribution is 2.23. The van der Waals surface area contributed by atoms with Crippen LogP contribution < -0.4 is 0 Å². The number of rotatable bonds is 4. The molecule has 0 bridgehead atoms. The van der Waals surface area contributed by atoms with Gasteiger partial charge in [0.1, 0.15) is 0 Å². The van der Waals surface area contributed by atoms with E-state index in [0.717, 1.165) is 19.5 Å². The molecule has 0 aromatic carbocycles. The molecular weight excluding hydrogens is 212 g/mol. The smallest absolute Gasteiger partial charge is 0.225 e. The molecule has 1 aliphatic rings. The molecule has 1 fully saturated rings. The fourth-order valence-electron chi connectivity index (χ4n) is 2.45. The number of nitrogens with zero attached hydrogens (tertiary/aromatic N) is 2. The Kier molecular flexibility index (Phi) is 4.99. The van der Waals surface area contributed by atoms with E-state index in [4.69, 9.17) is 0 Å². The molecule has 1 saturated heterocycles. The summed E-state index contributed by atoms with van der Waals surface area (Å²) in [6.45, 7) is 8.40. The van der Waals surface area contributed by atoms with Gasteiger partial charge in [-0.25, -0.2) is 0 Å². The van der Waals surface area contributed by atoms with Crippen LogP contribution in [-0.4, -0.2) is 48.4 Å². The lowest BCUT2D eigenvalue weighted by Gasteiger charge is -2.36. The Labute approximate surface area is 106 Å². The molecule has 0 radical (unpaired) electrons. The molecule has 0 spiro atoms. The Hall–Kier alpha value is -0.570. The van der Waals surface area contributed by atoms with E-state index >= 15 is 0 Å². The summed E-state index contributed by atoms with van der Waals surface area (Å²) in [7, 11) is 4.16. The minimum atomic E-state index is 0.0882. The maximum atomic E-state index is 12.3. The first-order valence-electron chi connectivity index (χ1n) is 6.81. The number of amides is 1. The monoisotopic (exact) mass is 240 g/mol. The molecule has 0 saturated carbocycles. The number of hydrogen-bond donors (Lipinski definition) is 0. The summed E-state index contributed by atoms with van der Waals surface area (Å²) in [5.41, 5.74) is 0.0882. The number of carbonyl (C=O) groups is 1. The second-order valence-corrected chi connectivity index (χ2v) is 6.20. The van der Waals surface area contributed by atoms with E-state index in [2.05, 4.69) is 44.7 Å². The zero-order chi connectivity index (χ0) is 13.1. The summed E-state index contributed by atoms with van der Waals surface area (Å²) < 4.78 is 0. The lowest BCUT2D eigenvalue weighted by Crippen LogP contribution is -2.44. The highest BCUT2D eigenvalue weighted by molar-refractivity contribution is 5.78. The van der Waals surface area contributed by atoms with Gasteiger partial charge in [0, 0.05) is 24.5 Å². The Morgan fingerprint density at radius 2 is 1.76 bits per heavy atom. The van der Waals surface area contributed by atoms with Crippen molar-refractivity contribution in [3.8, 4) is 0 Å². The van der Waals surface area contributed by atoms with Crippen LogP contribution in [0.5, 0.6) is 0 Å². The van der Waals surface area contributed by atoms with Crippen molar-refractivity contribution in [2.24, 2.45) is 5.92 Å². The van der Waals surface area contributed by atoms with Crippen LogP contribution >= 0.6 is 0 Å². The van der Waals surface area contributed by atoms with E-state index in [1.54, 1.807) is 0 Å². The predicted octanol–water partition coefficient (Wildman–Crippen LogP) is 2.37. The maximum Gasteiger partial charge on any atom is 0.225 e. The number of hydrogen-bond acceptors (Lipinski definition) is 2. The van der Waals surface area contributed by atoms with Gasteiger partial charge in [-0.15, -0.1) is 0 Å². The second kappa shape index (κ2) is 5.85. The molecule has 1 unspecified atom stereocenters. The van der Waals surface area contributed by atoms with Crippen LogP contribution in [0.25, 0.3) is 0 Å². The lowest BCUT2D eigenvalue weighted by atomic mass is 9.89. The Morgan fingerprint density at radius 1 is 1.24 bits per heavy atom. The van der Waals surface area contributed by atoms with E-state index in [1.165, 1.54) is 19.3 Å². The summed E-state index contributed by atoms with van der Waals surface area (Å²) in [5, 5.41) is 0. The molecule has 1 atom stereocenters. The van der Waals surface area contributed by atoms with Gasteiger partial charge in [0.2, 0.25) is 5.91 Å². The van der Waals surface area contributed by atoms with Crippen molar-refractivity contribution in [3.63, 3.8) is 0 Å². The molecule has 0 aliphatic carbocycles. The van der Waals surface area contributed by atoms with Crippen molar-refractivity contribution in [2.75, 3.05) is 27.2 Å². The average molecular weight is 240 g/mol. The molecule has 3 heteroatoms. The minimum absolute atomic E-state index is 0.0882. The second-order valence-electron chi connectivity index (χ2n) is 6.20. The molecule has 100 valence electrons. The Balaban J connectivity index is 2.51. The SMILES string of the molecule is CC(CC(C)(C)N(C)C)C(=O)N1CCCCC1. The highest BCUT2D eigenvalue weighted by Gasteiger charge is 2.29. The van der Waals surface area contributed by atoms with Crippen LogP contribution in [-0.2, 0) is 4.79 Å². The van der Waals surface area contributed by atoms with E-state index < -0.39 is 0 Å². The fraction of sp³-hybridized carbons (Fsp3) is 0.929. The van der Waals surface area contributed by atoms with Crippen molar-refractivity contribution in [1.29, 1.82) is 0 Å². The fourth-order valence-corrected chi connectivity index (χ4v) is 2.45. The molecule has 17 heavy (non-hydrogen) atoms. The zero-order valence-corrected chi connectivity index (χ0v) is 12.1. The Bertz CT molecular complexity index is 255. The quantitative estimate of drug-likeness (QED) is 0.753. The molecule has 1 amide bonds. The summed E-state index contributed by atoms with van der Waals surface area (Å²) in [5.74, 6) is 0.477. The third-order valence-corrected chi connectivity index (χ3v) is 4.11. The highest BCUT2D eigenvalue weighted by atomic mass is 16.2. The molecule has 1 rings (SSSR count). The minimum Gasteiger partial charge on any atom is -0.342 e. The number of likely N-dealkylation sites (tertiary alicyclic amines) is 1. The largest absolute Gasteiger partial charge is 0.342 e. The summed E-state index contributed by atoms with van der Waals surface area (Å²) >= 11 is 0. The Morgan fingerprint density at radius 3 is 2.24 bits per heavy atom. The van der Waals surface area contributed by atoms with Gasteiger partial charge in [0.25, 0.3) is 0 Å². The van der Waals surface area contributed by atoms with Gasteiger partial charge in [-0.1, -0.05) is 6.92 Å². The van der Waals surface area contributed by atoms with Crippen molar-refractivity contribution < 1.29 is 4.79 Å². The third-order valence-electron chi connectivity index (χ3n) is 4.11. The van der Waals surface area contributed by atoms with Crippen molar-refractivity contribution in [3.05, 3.63) is 0 Å². The number of carbonyl (C=O) groups excluding carboxylic acids is 1. The van der Waals surface area contributed by atoms with Crippen LogP contribution in [0.3, 0.4) is 0 Å². The predicted molar refractivity (Wildman–Crippen MR) is 72.0 cm³/mol. The topological polar surface area (TPSA) is 23.6 Å². The van der Waals surface area contributed by atoms with E-state index in [-0.39, 0.29) is 11.5 Å². The number of piperidine rings is 1. The van der Waals surface area contributed by atoms with Crippen LogP contribution in [0.4, 0.5) is 0 Å². The zero-order valence-electron chi connectivity index (χ0n) is 12.1. The van der Waals surface area contributed by atoms with Crippen LogP contribution in [0, 0.1) is 5.92 Å². The molecular formula is C14H28N2O. The van der Waals surface area contributed by atoms with Gasteiger partial charge in [-0.05, 0) is 53.6 Å². The van der Waals surface area contributed by atoms with E-state index in [1.807, 2.05) is 0 Å². The molecule has 0 N–H and O–H groups in total. The normalized spacial score (nSPS) is 19.5. The van der Waals surface area contributed by atoms with Gasteiger partial charge in [-0.3, -0.25) is 4.79 Å². The summed E-state index contributed by atoms with van der Waals surface area (Å²) in [6, 6.07) is 0. The van der Waals surface area contributed by atoms with Gasteiger partial charge in [0.15, 0.2) is 0 Å². The van der Waals surface area contributed by atoms with Crippen molar-refractivity contribution >= 4 is 5.91 Å². The van der Waals surface area contributed by atoms with Gasteiger partial charge < -0.3 is 9.80 Å². The van der Waals surface area contributed by atoms with Gasteiger partial charge in [0.05, 0.1) is 0 Å². The summed E-state index contributed by atoms with van der Waals surface area (Å²) in [6.07, 6.45) is 4.56.